The van der Waals surface area contributed by atoms with Crippen LogP contribution < -0.4 is 4.74 Å². The van der Waals surface area contributed by atoms with Crippen molar-refractivity contribution in [3.8, 4) is 10.9 Å². The zero-order valence-electron chi connectivity index (χ0n) is 12.0. The molecule has 3 rings (SSSR count). The van der Waals surface area contributed by atoms with E-state index in [2.05, 4.69) is 4.98 Å². The van der Waals surface area contributed by atoms with Crippen LogP contribution in [-0.4, -0.2) is 10.8 Å². The molecule has 3 nitrogen and oxygen atoms in total. The van der Waals surface area contributed by atoms with Gasteiger partial charge in [0, 0.05) is 6.42 Å². The number of aromatic nitrogens is 1. The van der Waals surface area contributed by atoms with E-state index in [1.807, 2.05) is 42.5 Å². The molecule has 112 valence electrons. The molecule has 0 aliphatic rings. The monoisotopic (exact) mass is 331 g/mol. The number of para-hydroxylation sites is 1. The lowest BCUT2D eigenvalue weighted by atomic mass is 10.1. The van der Waals surface area contributed by atoms with Gasteiger partial charge in [-0.2, -0.15) is 0 Å². The molecular weight excluding hydrogens is 318 g/mol. The van der Waals surface area contributed by atoms with E-state index in [4.69, 9.17) is 16.3 Å². The molecule has 1 heterocycles. The maximum absolute atomic E-state index is 11.0. The van der Waals surface area contributed by atoms with Crippen molar-refractivity contribution in [2.24, 2.45) is 0 Å². The van der Waals surface area contributed by atoms with Crippen LogP contribution in [0.3, 0.4) is 0 Å². The zero-order chi connectivity index (χ0) is 15.5. The van der Waals surface area contributed by atoms with Gasteiger partial charge in [0.1, 0.15) is 11.5 Å². The molecule has 1 aromatic heterocycles. The van der Waals surface area contributed by atoms with Gasteiger partial charge >= 0.3 is 0 Å². The summed E-state index contributed by atoms with van der Waals surface area (Å²) in [5.41, 5.74) is 1.94. The standard InChI is InChI=1S/C17H14ClNO2S/c1-11(20)6-7-12-8-9-15(13(18)10-12)21-17-19-14-4-2-3-5-16(14)22-17/h2-5,8-10H,6-7H2,1H3. The smallest absolute Gasteiger partial charge is 0.279 e. The molecule has 0 amide bonds. The number of ether oxygens (including phenoxy) is 1. The Kier molecular flexibility index (Phi) is 4.41. The maximum Gasteiger partial charge on any atom is 0.279 e. The van der Waals surface area contributed by atoms with Crippen LogP contribution in [0.2, 0.25) is 5.02 Å². The lowest BCUT2D eigenvalue weighted by Crippen LogP contribution is -1.94. The van der Waals surface area contributed by atoms with E-state index < -0.39 is 0 Å². The Morgan fingerprint density at radius 2 is 2.09 bits per heavy atom. The summed E-state index contributed by atoms with van der Waals surface area (Å²) >= 11 is 7.74. The molecule has 0 N–H and O–H groups in total. The molecular formula is C17H14ClNO2S. The minimum atomic E-state index is 0.172. The number of thiazole rings is 1. The average Bonchev–Trinajstić information content (AvgIpc) is 2.90. The summed E-state index contributed by atoms with van der Waals surface area (Å²) in [6.45, 7) is 1.59. The summed E-state index contributed by atoms with van der Waals surface area (Å²) in [7, 11) is 0. The average molecular weight is 332 g/mol. The van der Waals surface area contributed by atoms with Gasteiger partial charge in [-0.1, -0.05) is 41.1 Å². The Bertz CT molecular complexity index is 795. The van der Waals surface area contributed by atoms with Crippen LogP contribution in [0.15, 0.2) is 42.5 Å². The fourth-order valence-electron chi connectivity index (χ4n) is 2.09. The Morgan fingerprint density at radius 3 is 2.82 bits per heavy atom. The number of benzene rings is 2. The van der Waals surface area contributed by atoms with Gasteiger partial charge in [-0.3, -0.25) is 0 Å². The number of carbonyl (C=O) groups excluding carboxylic acids is 1. The SMILES string of the molecule is CC(=O)CCc1ccc(Oc2nc3ccccc3s2)c(Cl)c1. The van der Waals surface area contributed by atoms with Crippen molar-refractivity contribution >= 4 is 38.9 Å². The van der Waals surface area contributed by atoms with Gasteiger partial charge < -0.3 is 9.53 Å². The highest BCUT2D eigenvalue weighted by Crippen LogP contribution is 2.34. The van der Waals surface area contributed by atoms with Crippen LogP contribution in [0.25, 0.3) is 10.2 Å². The number of aryl methyl sites for hydroxylation is 1. The lowest BCUT2D eigenvalue weighted by Gasteiger charge is -2.06. The van der Waals surface area contributed by atoms with E-state index in [9.17, 15) is 4.79 Å². The van der Waals surface area contributed by atoms with Crippen molar-refractivity contribution in [2.75, 3.05) is 0 Å². The molecule has 2 aromatic carbocycles. The third-order valence-electron chi connectivity index (χ3n) is 3.23. The number of Topliss-reactive ketones (excluding diaryl/α,β-unsaturated/α-hetero) is 1. The first-order valence-corrected chi connectivity index (χ1v) is 8.12. The van der Waals surface area contributed by atoms with Crippen molar-refractivity contribution in [1.29, 1.82) is 0 Å². The Morgan fingerprint density at radius 1 is 1.27 bits per heavy atom. The second-order valence-corrected chi connectivity index (χ2v) is 6.42. The Balaban J connectivity index is 1.78. The number of carbonyl (C=O) groups is 1. The van der Waals surface area contributed by atoms with E-state index in [0.29, 0.717) is 28.8 Å². The van der Waals surface area contributed by atoms with Gasteiger partial charge in [0.05, 0.1) is 15.2 Å². The summed E-state index contributed by atoms with van der Waals surface area (Å²) in [6, 6.07) is 13.5. The first-order valence-electron chi connectivity index (χ1n) is 6.93. The highest BCUT2D eigenvalue weighted by molar-refractivity contribution is 7.20. The summed E-state index contributed by atoms with van der Waals surface area (Å²) in [6.07, 6.45) is 1.21. The van der Waals surface area contributed by atoms with E-state index in [0.717, 1.165) is 15.8 Å². The number of fused-ring (bicyclic) bond motifs is 1. The predicted octanol–water partition coefficient (Wildman–Crippen LogP) is 5.26. The third kappa shape index (κ3) is 3.46. The molecule has 0 fully saturated rings. The number of hydrogen-bond acceptors (Lipinski definition) is 4. The van der Waals surface area contributed by atoms with Gasteiger partial charge in [-0.25, -0.2) is 4.98 Å². The Hall–Kier alpha value is -1.91. The molecule has 0 aliphatic carbocycles. The van der Waals surface area contributed by atoms with Gasteiger partial charge in [-0.05, 0) is 43.2 Å². The number of rotatable bonds is 5. The minimum absolute atomic E-state index is 0.172. The van der Waals surface area contributed by atoms with Gasteiger partial charge in [0.25, 0.3) is 5.19 Å². The summed E-state index contributed by atoms with van der Waals surface area (Å²) in [4.78, 5) is 15.5. The van der Waals surface area contributed by atoms with E-state index in [-0.39, 0.29) is 5.78 Å². The minimum Gasteiger partial charge on any atom is -0.429 e. The largest absolute Gasteiger partial charge is 0.429 e. The molecule has 0 atom stereocenters. The number of nitrogens with zero attached hydrogens (tertiary/aromatic N) is 1. The Labute approximate surface area is 137 Å². The molecule has 22 heavy (non-hydrogen) atoms. The van der Waals surface area contributed by atoms with Crippen molar-refractivity contribution in [1.82, 2.24) is 4.98 Å². The molecule has 0 spiro atoms. The second kappa shape index (κ2) is 6.46. The fourth-order valence-corrected chi connectivity index (χ4v) is 3.16. The number of ketones is 1. The molecule has 0 saturated heterocycles. The quantitative estimate of drug-likeness (QED) is 0.639. The summed E-state index contributed by atoms with van der Waals surface area (Å²) in [5, 5.41) is 1.10. The van der Waals surface area contributed by atoms with Crippen LogP contribution in [-0.2, 0) is 11.2 Å². The van der Waals surface area contributed by atoms with Gasteiger partial charge in [0.15, 0.2) is 0 Å². The van der Waals surface area contributed by atoms with Gasteiger partial charge in [0.2, 0.25) is 0 Å². The molecule has 0 saturated carbocycles. The van der Waals surface area contributed by atoms with E-state index >= 15 is 0 Å². The van der Waals surface area contributed by atoms with Crippen molar-refractivity contribution in [3.05, 3.63) is 53.1 Å². The van der Waals surface area contributed by atoms with Crippen LogP contribution in [0.4, 0.5) is 0 Å². The predicted molar refractivity (Wildman–Crippen MR) is 90.1 cm³/mol. The molecule has 3 aromatic rings. The van der Waals surface area contributed by atoms with E-state index in [1.165, 1.54) is 11.3 Å². The normalized spacial score (nSPS) is 10.8. The zero-order valence-corrected chi connectivity index (χ0v) is 13.6. The second-order valence-electron chi connectivity index (χ2n) is 5.02. The summed E-state index contributed by atoms with van der Waals surface area (Å²) < 4.78 is 6.86. The van der Waals surface area contributed by atoms with Crippen molar-refractivity contribution in [3.63, 3.8) is 0 Å². The molecule has 0 radical (unpaired) electrons. The van der Waals surface area contributed by atoms with Crippen molar-refractivity contribution < 1.29 is 9.53 Å². The highest BCUT2D eigenvalue weighted by atomic mass is 35.5. The molecule has 5 heteroatoms. The topological polar surface area (TPSA) is 39.2 Å². The molecule has 0 bridgehead atoms. The maximum atomic E-state index is 11.0. The van der Waals surface area contributed by atoms with Gasteiger partial charge in [-0.15, -0.1) is 0 Å². The first kappa shape index (κ1) is 15.0. The third-order valence-corrected chi connectivity index (χ3v) is 4.44. The molecule has 0 aliphatic heterocycles. The summed E-state index contributed by atoms with van der Waals surface area (Å²) in [5.74, 6) is 0.748. The molecule has 0 unspecified atom stereocenters. The van der Waals surface area contributed by atoms with Crippen molar-refractivity contribution in [2.45, 2.75) is 19.8 Å². The number of hydrogen-bond donors (Lipinski definition) is 0. The van der Waals surface area contributed by atoms with Crippen LogP contribution in [0, 0.1) is 0 Å². The van der Waals surface area contributed by atoms with E-state index in [1.54, 1.807) is 6.92 Å². The van der Waals surface area contributed by atoms with Crippen LogP contribution >= 0.6 is 22.9 Å². The van der Waals surface area contributed by atoms with Crippen LogP contribution in [0.1, 0.15) is 18.9 Å². The first-order chi connectivity index (χ1) is 10.6. The fraction of sp³-hybridized carbons (Fsp3) is 0.176. The lowest BCUT2D eigenvalue weighted by molar-refractivity contribution is -0.116. The number of halogens is 1. The highest BCUT2D eigenvalue weighted by Gasteiger charge is 2.09. The van der Waals surface area contributed by atoms with Crippen LogP contribution in [0.5, 0.6) is 10.9 Å².